The molecule has 0 saturated carbocycles. The van der Waals surface area contributed by atoms with Crippen LogP contribution in [0.5, 0.6) is 11.5 Å². The van der Waals surface area contributed by atoms with Gasteiger partial charge in [-0.15, -0.1) is 0 Å². The Morgan fingerprint density at radius 1 is 1.16 bits per heavy atom. The Hall–Kier alpha value is -2.60. The number of benzene rings is 2. The van der Waals surface area contributed by atoms with Gasteiger partial charge in [-0.2, -0.15) is 0 Å². The predicted octanol–water partition coefficient (Wildman–Crippen LogP) is 2.89. The van der Waals surface area contributed by atoms with Crippen LogP contribution in [0.15, 0.2) is 42.5 Å². The Labute approximate surface area is 146 Å². The molecule has 0 fully saturated rings. The summed E-state index contributed by atoms with van der Waals surface area (Å²) < 4.78 is 24.6. The topological polar surface area (TPSA) is 73.6 Å². The standard InChI is InChI=1S/C19H23FN2O3/c1-12(14-10-16(24-3)17(25-4)11-15(14)20)22-18(23)19(2,21)13-8-6-5-7-9-13/h5-12H,21H2,1-4H3,(H,22,23). The minimum absolute atomic E-state index is 0.287. The maximum atomic E-state index is 14.4. The van der Waals surface area contributed by atoms with E-state index in [0.29, 0.717) is 11.3 Å². The molecule has 0 radical (unpaired) electrons. The zero-order valence-corrected chi connectivity index (χ0v) is 14.8. The largest absolute Gasteiger partial charge is 0.493 e. The van der Waals surface area contributed by atoms with Crippen molar-refractivity contribution in [3.63, 3.8) is 0 Å². The van der Waals surface area contributed by atoms with E-state index in [1.807, 2.05) is 18.2 Å². The molecular formula is C19H23FN2O3. The van der Waals surface area contributed by atoms with E-state index in [9.17, 15) is 9.18 Å². The normalized spacial score (nSPS) is 14.3. The van der Waals surface area contributed by atoms with Crippen molar-refractivity contribution in [3.8, 4) is 11.5 Å². The predicted molar refractivity (Wildman–Crippen MR) is 94.0 cm³/mol. The van der Waals surface area contributed by atoms with Crippen molar-refractivity contribution in [2.45, 2.75) is 25.4 Å². The molecule has 25 heavy (non-hydrogen) atoms. The van der Waals surface area contributed by atoms with Crippen LogP contribution < -0.4 is 20.5 Å². The van der Waals surface area contributed by atoms with Crippen molar-refractivity contribution < 1.29 is 18.7 Å². The molecule has 2 rings (SSSR count). The van der Waals surface area contributed by atoms with Crippen LogP contribution in [-0.4, -0.2) is 20.1 Å². The zero-order chi connectivity index (χ0) is 18.6. The summed E-state index contributed by atoms with van der Waals surface area (Å²) in [5.41, 5.74) is 5.92. The highest BCUT2D eigenvalue weighted by atomic mass is 19.1. The Balaban J connectivity index is 2.24. The number of halogens is 1. The number of methoxy groups -OCH3 is 2. The van der Waals surface area contributed by atoms with Crippen molar-refractivity contribution >= 4 is 5.91 Å². The molecule has 1 amide bonds. The van der Waals surface area contributed by atoms with Gasteiger partial charge in [0.25, 0.3) is 0 Å². The fraction of sp³-hybridized carbons (Fsp3) is 0.316. The highest BCUT2D eigenvalue weighted by Crippen LogP contribution is 2.32. The number of ether oxygens (including phenoxy) is 2. The van der Waals surface area contributed by atoms with E-state index in [0.717, 1.165) is 0 Å². The molecule has 2 unspecified atom stereocenters. The summed E-state index contributed by atoms with van der Waals surface area (Å²) in [7, 11) is 2.90. The third-order valence-electron chi connectivity index (χ3n) is 4.16. The van der Waals surface area contributed by atoms with Crippen LogP contribution in [0.2, 0.25) is 0 Å². The quantitative estimate of drug-likeness (QED) is 0.843. The lowest BCUT2D eigenvalue weighted by atomic mass is 9.91. The molecule has 134 valence electrons. The van der Waals surface area contributed by atoms with E-state index in [1.54, 1.807) is 26.0 Å². The second kappa shape index (κ2) is 7.53. The first-order chi connectivity index (χ1) is 11.8. The first-order valence-electron chi connectivity index (χ1n) is 7.88. The van der Waals surface area contributed by atoms with E-state index in [-0.39, 0.29) is 11.3 Å². The van der Waals surface area contributed by atoms with Gasteiger partial charge >= 0.3 is 0 Å². The van der Waals surface area contributed by atoms with Gasteiger partial charge in [0.2, 0.25) is 5.91 Å². The number of carbonyl (C=O) groups is 1. The number of nitrogens with one attached hydrogen (secondary N) is 1. The molecule has 0 aliphatic carbocycles. The van der Waals surface area contributed by atoms with E-state index in [1.165, 1.54) is 26.4 Å². The number of carbonyl (C=O) groups excluding carboxylic acids is 1. The summed E-state index contributed by atoms with van der Waals surface area (Å²) >= 11 is 0. The summed E-state index contributed by atoms with van der Waals surface area (Å²) in [5.74, 6) is -0.224. The van der Waals surface area contributed by atoms with Gasteiger partial charge in [0.05, 0.1) is 20.3 Å². The maximum absolute atomic E-state index is 14.4. The molecule has 0 heterocycles. The van der Waals surface area contributed by atoms with E-state index >= 15 is 0 Å². The first-order valence-corrected chi connectivity index (χ1v) is 7.88. The van der Waals surface area contributed by atoms with Crippen molar-refractivity contribution in [3.05, 3.63) is 59.4 Å². The van der Waals surface area contributed by atoms with Crippen LogP contribution in [0.4, 0.5) is 4.39 Å². The Morgan fingerprint density at radius 3 is 2.28 bits per heavy atom. The third-order valence-corrected chi connectivity index (χ3v) is 4.16. The van der Waals surface area contributed by atoms with Crippen LogP contribution in [-0.2, 0) is 10.3 Å². The highest BCUT2D eigenvalue weighted by Gasteiger charge is 2.32. The summed E-state index contributed by atoms with van der Waals surface area (Å²) in [6.45, 7) is 3.30. The van der Waals surface area contributed by atoms with Crippen LogP contribution in [0.3, 0.4) is 0 Å². The highest BCUT2D eigenvalue weighted by molar-refractivity contribution is 5.87. The molecule has 0 saturated heterocycles. The minimum atomic E-state index is -1.23. The Kier molecular flexibility index (Phi) is 5.64. The number of amides is 1. The minimum Gasteiger partial charge on any atom is -0.493 e. The van der Waals surface area contributed by atoms with Crippen molar-refractivity contribution in [2.75, 3.05) is 14.2 Å². The SMILES string of the molecule is COc1cc(F)c(C(C)NC(=O)C(C)(N)c2ccccc2)cc1OC. The average Bonchev–Trinajstić information content (AvgIpc) is 2.61. The molecule has 3 N–H and O–H groups in total. The molecule has 0 bridgehead atoms. The molecule has 2 atom stereocenters. The lowest BCUT2D eigenvalue weighted by Gasteiger charge is -2.27. The summed E-state index contributed by atoms with van der Waals surface area (Å²) in [6.07, 6.45) is 0. The molecule has 0 aliphatic rings. The van der Waals surface area contributed by atoms with Crippen LogP contribution >= 0.6 is 0 Å². The summed E-state index contributed by atoms with van der Waals surface area (Å²) in [6, 6.07) is 11.2. The second-order valence-electron chi connectivity index (χ2n) is 5.99. The lowest BCUT2D eigenvalue weighted by Crippen LogP contribution is -2.49. The fourth-order valence-electron chi connectivity index (χ4n) is 2.54. The van der Waals surface area contributed by atoms with Gasteiger partial charge < -0.3 is 20.5 Å². The molecule has 2 aromatic rings. The van der Waals surface area contributed by atoms with Crippen molar-refractivity contribution in [1.82, 2.24) is 5.32 Å². The number of hydrogen-bond donors (Lipinski definition) is 2. The van der Waals surface area contributed by atoms with Crippen molar-refractivity contribution in [1.29, 1.82) is 0 Å². The maximum Gasteiger partial charge on any atom is 0.244 e. The molecule has 6 heteroatoms. The molecule has 0 aromatic heterocycles. The zero-order valence-electron chi connectivity index (χ0n) is 14.8. The van der Waals surface area contributed by atoms with Gasteiger partial charge in [-0.25, -0.2) is 4.39 Å². The monoisotopic (exact) mass is 346 g/mol. The van der Waals surface area contributed by atoms with E-state index in [2.05, 4.69) is 5.32 Å². The Bertz CT molecular complexity index is 748. The van der Waals surface area contributed by atoms with Crippen LogP contribution in [0.1, 0.15) is 31.0 Å². The van der Waals surface area contributed by atoms with Gasteiger partial charge in [-0.1, -0.05) is 30.3 Å². The van der Waals surface area contributed by atoms with Crippen LogP contribution in [0, 0.1) is 5.82 Å². The van der Waals surface area contributed by atoms with Gasteiger partial charge in [-0.05, 0) is 25.5 Å². The number of rotatable bonds is 6. The Morgan fingerprint density at radius 2 is 1.72 bits per heavy atom. The number of nitrogens with two attached hydrogens (primary N) is 1. The van der Waals surface area contributed by atoms with Crippen molar-refractivity contribution in [2.24, 2.45) is 5.73 Å². The number of hydrogen-bond acceptors (Lipinski definition) is 4. The molecule has 2 aromatic carbocycles. The molecular weight excluding hydrogens is 323 g/mol. The van der Waals surface area contributed by atoms with Gasteiger partial charge in [0.15, 0.2) is 11.5 Å². The lowest BCUT2D eigenvalue weighted by molar-refractivity contribution is -0.126. The van der Waals surface area contributed by atoms with Gasteiger partial charge in [-0.3, -0.25) is 4.79 Å². The smallest absolute Gasteiger partial charge is 0.244 e. The summed E-state index contributed by atoms with van der Waals surface area (Å²) in [4.78, 5) is 12.6. The molecule has 0 spiro atoms. The van der Waals surface area contributed by atoms with Gasteiger partial charge in [0.1, 0.15) is 11.4 Å². The van der Waals surface area contributed by atoms with Gasteiger partial charge in [0, 0.05) is 11.6 Å². The first kappa shape index (κ1) is 18.7. The third kappa shape index (κ3) is 3.91. The van der Waals surface area contributed by atoms with Crippen LogP contribution in [0.25, 0.3) is 0 Å². The average molecular weight is 346 g/mol. The van der Waals surface area contributed by atoms with E-state index < -0.39 is 23.3 Å². The molecule has 5 nitrogen and oxygen atoms in total. The fourth-order valence-corrected chi connectivity index (χ4v) is 2.54. The summed E-state index contributed by atoms with van der Waals surface area (Å²) in [5, 5.41) is 2.76. The van der Waals surface area contributed by atoms with E-state index in [4.69, 9.17) is 15.2 Å². The molecule has 0 aliphatic heterocycles. The second-order valence-corrected chi connectivity index (χ2v) is 5.99.